The van der Waals surface area contributed by atoms with Crippen LogP contribution in [0.3, 0.4) is 0 Å². The van der Waals surface area contributed by atoms with E-state index in [1.807, 2.05) is 12.3 Å². The highest BCUT2D eigenvalue weighted by Crippen LogP contribution is 2.26. The lowest BCUT2D eigenvalue weighted by Gasteiger charge is -2.10. The molecule has 1 N–H and O–H groups in total. The number of nitrogens with one attached hydrogen (secondary N) is 1. The fourth-order valence-corrected chi connectivity index (χ4v) is 3.51. The number of thioether (sulfide) groups is 1. The Morgan fingerprint density at radius 2 is 1.41 bits per heavy atom. The number of carbonyl (C=O) groups excluding carboxylic acids is 4. The van der Waals surface area contributed by atoms with E-state index in [2.05, 4.69) is 5.32 Å². The van der Waals surface area contributed by atoms with Crippen LogP contribution < -0.4 is 5.32 Å². The van der Waals surface area contributed by atoms with Crippen molar-refractivity contribution in [1.29, 1.82) is 0 Å². The summed E-state index contributed by atoms with van der Waals surface area (Å²) in [5.41, 5.74) is 2.09. The Morgan fingerprint density at radius 3 is 2.03 bits per heavy atom. The quantitative estimate of drug-likeness (QED) is 0.307. The second-order valence-electron chi connectivity index (χ2n) is 6.87. The highest BCUT2D eigenvalue weighted by Gasteiger charge is 2.15. The number of carbonyl (C=O) groups is 4. The summed E-state index contributed by atoms with van der Waals surface area (Å²) in [7, 11) is 0. The Kier molecular flexibility index (Phi) is 7.57. The highest BCUT2D eigenvalue weighted by molar-refractivity contribution is 7.98. The van der Waals surface area contributed by atoms with Gasteiger partial charge in [0.25, 0.3) is 0 Å². The minimum Gasteiger partial charge on any atom is -0.454 e. The first-order valence-corrected chi connectivity index (χ1v) is 11.0. The summed E-state index contributed by atoms with van der Waals surface area (Å²) < 4.78 is 5.14. The van der Waals surface area contributed by atoms with Gasteiger partial charge in [-0.3, -0.25) is 14.4 Å². The number of rotatable bonds is 8. The largest absolute Gasteiger partial charge is 0.454 e. The molecular formula is C25H21NO5S. The molecule has 0 aliphatic heterocycles. The van der Waals surface area contributed by atoms with E-state index in [1.165, 1.54) is 30.8 Å². The smallest absolute Gasteiger partial charge is 0.338 e. The van der Waals surface area contributed by atoms with E-state index < -0.39 is 18.4 Å². The zero-order valence-corrected chi connectivity index (χ0v) is 18.4. The summed E-state index contributed by atoms with van der Waals surface area (Å²) in [5, 5.41) is 2.69. The minimum atomic E-state index is -0.667. The molecule has 32 heavy (non-hydrogen) atoms. The summed E-state index contributed by atoms with van der Waals surface area (Å²) >= 11 is 1.44. The van der Waals surface area contributed by atoms with Crippen molar-refractivity contribution in [3.8, 4) is 0 Å². The number of benzene rings is 3. The normalized spacial score (nSPS) is 10.3. The molecule has 0 aromatic heterocycles. The van der Waals surface area contributed by atoms with Crippen LogP contribution in [0.15, 0.2) is 77.7 Å². The van der Waals surface area contributed by atoms with Gasteiger partial charge in [0.05, 0.1) is 11.3 Å². The lowest BCUT2D eigenvalue weighted by molar-refractivity contribution is -0.114. The third kappa shape index (κ3) is 5.70. The van der Waals surface area contributed by atoms with Crippen molar-refractivity contribution >= 4 is 40.9 Å². The molecule has 7 heteroatoms. The molecule has 162 valence electrons. The lowest BCUT2D eigenvalue weighted by Crippen LogP contribution is -2.15. The predicted molar refractivity (Wildman–Crippen MR) is 123 cm³/mol. The van der Waals surface area contributed by atoms with Gasteiger partial charge in [0.1, 0.15) is 0 Å². The molecule has 0 unspecified atom stereocenters. The monoisotopic (exact) mass is 447 g/mol. The van der Waals surface area contributed by atoms with Gasteiger partial charge >= 0.3 is 5.97 Å². The molecule has 0 aliphatic carbocycles. The lowest BCUT2D eigenvalue weighted by atomic mass is 10.0. The third-order valence-corrected chi connectivity index (χ3v) is 5.38. The van der Waals surface area contributed by atoms with Crippen LogP contribution in [-0.2, 0) is 9.53 Å². The first kappa shape index (κ1) is 23.0. The summed E-state index contributed by atoms with van der Waals surface area (Å²) in [6, 6.07) is 19.8. The molecule has 0 spiro atoms. The number of hydrogen-bond acceptors (Lipinski definition) is 6. The average Bonchev–Trinajstić information content (AvgIpc) is 2.82. The van der Waals surface area contributed by atoms with E-state index in [4.69, 9.17) is 4.74 Å². The van der Waals surface area contributed by atoms with Crippen LogP contribution in [0, 0.1) is 0 Å². The van der Waals surface area contributed by atoms with Crippen molar-refractivity contribution in [3.63, 3.8) is 0 Å². The zero-order chi connectivity index (χ0) is 23.1. The molecule has 0 heterocycles. The Labute approximate surface area is 190 Å². The number of ether oxygens (including phenoxy) is 1. The molecule has 0 saturated heterocycles. The van der Waals surface area contributed by atoms with Gasteiger partial charge in [-0.25, -0.2) is 4.79 Å². The maximum Gasteiger partial charge on any atom is 0.338 e. The molecule has 0 atom stereocenters. The van der Waals surface area contributed by atoms with Crippen molar-refractivity contribution in [2.75, 3.05) is 18.2 Å². The van der Waals surface area contributed by atoms with Gasteiger partial charge < -0.3 is 10.1 Å². The number of amides is 1. The van der Waals surface area contributed by atoms with Crippen LogP contribution in [0.5, 0.6) is 0 Å². The van der Waals surface area contributed by atoms with E-state index in [0.717, 1.165) is 4.90 Å². The van der Waals surface area contributed by atoms with Crippen LogP contribution in [0.4, 0.5) is 5.69 Å². The Hall–Kier alpha value is -3.71. The number of ketones is 2. The molecule has 0 radical (unpaired) electrons. The Bertz CT molecular complexity index is 1160. The van der Waals surface area contributed by atoms with Gasteiger partial charge in [0.15, 0.2) is 18.2 Å². The van der Waals surface area contributed by atoms with Crippen LogP contribution >= 0.6 is 11.8 Å². The van der Waals surface area contributed by atoms with Crippen LogP contribution in [-0.4, -0.2) is 36.3 Å². The molecular weight excluding hydrogens is 426 g/mol. The Balaban J connectivity index is 1.63. The van der Waals surface area contributed by atoms with Crippen LogP contribution in [0.1, 0.15) is 43.6 Å². The van der Waals surface area contributed by atoms with Gasteiger partial charge in [0.2, 0.25) is 5.91 Å². The molecule has 0 saturated carbocycles. The topological polar surface area (TPSA) is 89.5 Å². The van der Waals surface area contributed by atoms with Gasteiger partial charge in [-0.1, -0.05) is 48.5 Å². The molecule has 1 amide bonds. The van der Waals surface area contributed by atoms with Gasteiger partial charge in [-0.15, -0.1) is 11.8 Å². The molecule has 3 rings (SSSR count). The predicted octanol–water partition coefficient (Wildman–Crippen LogP) is 4.64. The maximum atomic E-state index is 12.5. The van der Waals surface area contributed by atoms with Crippen molar-refractivity contribution < 1.29 is 23.9 Å². The third-order valence-electron chi connectivity index (χ3n) is 4.59. The molecule has 0 aliphatic rings. The standard InChI is InChI=1S/C25H21NO5S/c1-16(27)26-21-14-20(12-13-23(21)32-2)22(28)15-31-25(30)19-10-8-18(9-11-19)24(29)17-6-4-3-5-7-17/h3-14H,15H2,1-2H3,(H,26,27). The molecule has 3 aromatic carbocycles. The summed E-state index contributed by atoms with van der Waals surface area (Å²) in [4.78, 5) is 49.5. The summed E-state index contributed by atoms with van der Waals surface area (Å²) in [5.74, 6) is -1.46. The second kappa shape index (κ2) is 10.5. The minimum absolute atomic E-state index is 0.149. The zero-order valence-electron chi connectivity index (χ0n) is 17.6. The Morgan fingerprint density at radius 1 is 0.812 bits per heavy atom. The highest BCUT2D eigenvalue weighted by atomic mass is 32.2. The first-order chi connectivity index (χ1) is 15.4. The fourth-order valence-electron chi connectivity index (χ4n) is 2.98. The van der Waals surface area contributed by atoms with E-state index >= 15 is 0 Å². The van der Waals surface area contributed by atoms with Crippen molar-refractivity contribution in [2.24, 2.45) is 0 Å². The van der Waals surface area contributed by atoms with Crippen molar-refractivity contribution in [1.82, 2.24) is 0 Å². The molecule has 0 bridgehead atoms. The number of Topliss-reactive ketones (excluding diaryl/α,β-unsaturated/α-hetero) is 1. The summed E-state index contributed by atoms with van der Waals surface area (Å²) in [6.45, 7) is 0.945. The second-order valence-corrected chi connectivity index (χ2v) is 7.72. The van der Waals surface area contributed by atoms with E-state index in [-0.39, 0.29) is 17.3 Å². The van der Waals surface area contributed by atoms with E-state index in [0.29, 0.717) is 22.4 Å². The molecule has 3 aromatic rings. The van der Waals surface area contributed by atoms with Crippen LogP contribution in [0.25, 0.3) is 0 Å². The van der Waals surface area contributed by atoms with Crippen LogP contribution in [0.2, 0.25) is 0 Å². The van der Waals surface area contributed by atoms with Gasteiger partial charge in [0, 0.05) is 28.5 Å². The average molecular weight is 448 g/mol. The van der Waals surface area contributed by atoms with Crippen molar-refractivity contribution in [2.45, 2.75) is 11.8 Å². The molecule has 0 fully saturated rings. The van der Waals surface area contributed by atoms with Gasteiger partial charge in [-0.05, 0) is 30.5 Å². The van der Waals surface area contributed by atoms with Gasteiger partial charge in [-0.2, -0.15) is 0 Å². The van der Waals surface area contributed by atoms with Crippen molar-refractivity contribution in [3.05, 3.63) is 95.1 Å². The number of anilines is 1. The fraction of sp³-hybridized carbons (Fsp3) is 0.120. The van der Waals surface area contributed by atoms with E-state index in [1.54, 1.807) is 54.6 Å². The number of esters is 1. The SMILES string of the molecule is CSc1ccc(C(=O)COC(=O)c2ccc(C(=O)c3ccccc3)cc2)cc1NC(C)=O. The first-order valence-electron chi connectivity index (χ1n) is 9.75. The summed E-state index contributed by atoms with van der Waals surface area (Å²) in [6.07, 6.45) is 1.86. The number of hydrogen-bond donors (Lipinski definition) is 1. The van der Waals surface area contributed by atoms with E-state index in [9.17, 15) is 19.2 Å². The maximum absolute atomic E-state index is 12.5. The molecule has 6 nitrogen and oxygen atoms in total.